The first kappa shape index (κ1) is 40.0. The highest BCUT2D eigenvalue weighted by Crippen LogP contribution is 2.37. The number of piperidine rings is 2. The van der Waals surface area contributed by atoms with E-state index >= 15 is 4.39 Å². The first-order chi connectivity index (χ1) is 29.6. The van der Waals surface area contributed by atoms with E-state index in [1.165, 1.54) is 25.9 Å². The molecule has 9 rings (SSSR count). The highest BCUT2D eigenvalue weighted by atomic mass is 19.1. The van der Waals surface area contributed by atoms with Gasteiger partial charge in [0.05, 0.1) is 40.6 Å². The second kappa shape index (κ2) is 16.9. The van der Waals surface area contributed by atoms with Gasteiger partial charge in [0.2, 0.25) is 11.8 Å². The third-order valence-electron chi connectivity index (χ3n) is 12.4. The number of carbonyl (C=O) groups is 3. The highest BCUT2D eigenvalue weighted by Gasteiger charge is 2.32. The number of imidazole rings is 1. The van der Waals surface area contributed by atoms with Crippen molar-refractivity contribution >= 4 is 40.1 Å². The Kier molecular flexibility index (Phi) is 11.1. The van der Waals surface area contributed by atoms with Crippen LogP contribution in [0.3, 0.4) is 0 Å². The molecule has 4 aromatic heterocycles. The summed E-state index contributed by atoms with van der Waals surface area (Å²) < 4.78 is 27.9. The lowest BCUT2D eigenvalue weighted by Crippen LogP contribution is -2.44. The van der Waals surface area contributed by atoms with Crippen molar-refractivity contribution in [2.45, 2.75) is 76.5 Å². The van der Waals surface area contributed by atoms with Crippen molar-refractivity contribution in [1.82, 2.24) is 43.7 Å². The van der Waals surface area contributed by atoms with Gasteiger partial charge >= 0.3 is 5.69 Å². The number of halogens is 1. The SMILES string of the molecule is Cc1ccc(-c2nn([C@H]3CC[C@H](CN4CCC(OCC#Cc5cccc6c5n(C)c(=O)n6C5CCC(=O)NC5=O)CC4)CC3)cc2NC(=O)c2cnn3cccnc23)c(F)c1. The molecule has 1 atom stereocenters. The van der Waals surface area contributed by atoms with Crippen LogP contribution >= 0.6 is 0 Å². The smallest absolute Gasteiger partial charge is 0.329 e. The number of imide groups is 1. The third-order valence-corrected chi connectivity index (χ3v) is 12.4. The summed E-state index contributed by atoms with van der Waals surface area (Å²) in [6.45, 7) is 5.02. The monoisotopic (exact) mass is 826 g/mol. The molecule has 0 spiro atoms. The number of anilines is 1. The van der Waals surface area contributed by atoms with Gasteiger partial charge in [0.1, 0.15) is 29.7 Å². The van der Waals surface area contributed by atoms with Gasteiger partial charge in [-0.05, 0) is 93.7 Å². The van der Waals surface area contributed by atoms with E-state index in [4.69, 9.17) is 9.84 Å². The van der Waals surface area contributed by atoms with Crippen molar-refractivity contribution in [2.24, 2.45) is 13.0 Å². The summed E-state index contributed by atoms with van der Waals surface area (Å²) in [4.78, 5) is 57.9. The Labute approximate surface area is 350 Å². The number of hydrogen-bond acceptors (Lipinski definition) is 9. The summed E-state index contributed by atoms with van der Waals surface area (Å²) in [5.74, 6) is 5.29. The summed E-state index contributed by atoms with van der Waals surface area (Å²) in [5.41, 5.74) is 4.30. The molecule has 6 heterocycles. The van der Waals surface area contributed by atoms with Gasteiger partial charge in [-0.3, -0.25) is 33.5 Å². The topological polar surface area (TPSA) is 163 Å². The van der Waals surface area contributed by atoms with Gasteiger partial charge in [-0.1, -0.05) is 24.0 Å². The van der Waals surface area contributed by atoms with E-state index in [1.807, 2.05) is 36.0 Å². The molecule has 15 nitrogen and oxygen atoms in total. The highest BCUT2D eigenvalue weighted by molar-refractivity contribution is 6.09. The first-order valence-electron chi connectivity index (χ1n) is 20.9. The zero-order valence-electron chi connectivity index (χ0n) is 34.1. The minimum atomic E-state index is -0.750. The van der Waals surface area contributed by atoms with Crippen LogP contribution in [-0.2, 0) is 21.4 Å². The van der Waals surface area contributed by atoms with Crippen LogP contribution in [0.25, 0.3) is 27.9 Å². The van der Waals surface area contributed by atoms with Crippen LogP contribution in [0, 0.1) is 30.5 Å². The van der Waals surface area contributed by atoms with E-state index in [0.29, 0.717) is 50.7 Å². The van der Waals surface area contributed by atoms with E-state index in [1.54, 1.807) is 37.6 Å². The molecule has 0 bridgehead atoms. The molecule has 1 aliphatic carbocycles. The second-order valence-corrected chi connectivity index (χ2v) is 16.4. The van der Waals surface area contributed by atoms with Crippen LogP contribution in [-0.4, -0.2) is 88.5 Å². The number of rotatable bonds is 9. The molecular weight excluding hydrogens is 780 g/mol. The molecule has 1 saturated carbocycles. The van der Waals surface area contributed by atoms with Crippen molar-refractivity contribution < 1.29 is 23.5 Å². The molecule has 2 N–H and O–H groups in total. The van der Waals surface area contributed by atoms with Crippen molar-refractivity contribution in [2.75, 3.05) is 31.6 Å². The molecule has 0 radical (unpaired) electrons. The molecule has 2 aliphatic heterocycles. The summed E-state index contributed by atoms with van der Waals surface area (Å²) in [6, 6.07) is 11.6. The summed E-state index contributed by atoms with van der Waals surface area (Å²) in [5, 5.41) is 14.5. The Morgan fingerprint density at radius 1 is 1.03 bits per heavy atom. The van der Waals surface area contributed by atoms with Crippen molar-refractivity contribution in [3.8, 4) is 23.1 Å². The average Bonchev–Trinajstić information content (AvgIpc) is 3.95. The van der Waals surface area contributed by atoms with Crippen LogP contribution in [0.2, 0.25) is 0 Å². The van der Waals surface area contributed by atoms with Crippen LogP contribution in [0.5, 0.6) is 0 Å². The fraction of sp³-hybridized carbons (Fsp3) is 0.400. The summed E-state index contributed by atoms with van der Waals surface area (Å²) in [7, 11) is 1.67. The lowest BCUT2D eigenvalue weighted by Gasteiger charge is -2.36. The van der Waals surface area contributed by atoms with Gasteiger partial charge in [0.15, 0.2) is 5.65 Å². The molecule has 3 fully saturated rings. The lowest BCUT2D eigenvalue weighted by molar-refractivity contribution is -0.135. The number of ether oxygens (including phenoxy) is 1. The number of likely N-dealkylation sites (tertiary alicyclic amines) is 1. The minimum Gasteiger partial charge on any atom is -0.365 e. The van der Waals surface area contributed by atoms with Crippen molar-refractivity contribution in [3.63, 3.8) is 0 Å². The zero-order valence-corrected chi connectivity index (χ0v) is 34.1. The van der Waals surface area contributed by atoms with Crippen LogP contribution in [0.1, 0.15) is 84.9 Å². The van der Waals surface area contributed by atoms with Crippen molar-refractivity contribution in [3.05, 3.63) is 100 Å². The first-order valence-corrected chi connectivity index (χ1v) is 20.9. The Bertz CT molecular complexity index is 2780. The number of para-hydroxylation sites is 1. The van der Waals surface area contributed by atoms with Gasteiger partial charge in [0, 0.05) is 57.3 Å². The largest absolute Gasteiger partial charge is 0.365 e. The Morgan fingerprint density at radius 2 is 1.85 bits per heavy atom. The molecule has 3 aliphatic rings. The van der Waals surface area contributed by atoms with Gasteiger partial charge in [-0.2, -0.15) is 10.2 Å². The van der Waals surface area contributed by atoms with Gasteiger partial charge in [-0.15, -0.1) is 0 Å². The number of fused-ring (bicyclic) bond motifs is 2. The van der Waals surface area contributed by atoms with E-state index in [2.05, 4.69) is 37.5 Å². The number of nitrogens with zero attached hydrogens (tertiary/aromatic N) is 8. The summed E-state index contributed by atoms with van der Waals surface area (Å²) >= 11 is 0. The molecule has 314 valence electrons. The molecule has 3 amide bonds. The average molecular weight is 827 g/mol. The van der Waals surface area contributed by atoms with E-state index in [-0.39, 0.29) is 43.2 Å². The quantitative estimate of drug-likeness (QED) is 0.148. The fourth-order valence-electron chi connectivity index (χ4n) is 9.13. The number of aryl methyl sites for hydroxylation is 2. The van der Waals surface area contributed by atoms with Gasteiger partial charge < -0.3 is 15.0 Å². The Morgan fingerprint density at radius 3 is 2.64 bits per heavy atom. The van der Waals surface area contributed by atoms with Gasteiger partial charge in [-0.25, -0.2) is 18.7 Å². The normalized spacial score (nSPS) is 20.1. The molecule has 2 aromatic carbocycles. The van der Waals surface area contributed by atoms with Crippen LogP contribution in [0.4, 0.5) is 10.1 Å². The maximum absolute atomic E-state index is 15.3. The summed E-state index contributed by atoms with van der Waals surface area (Å²) in [6.07, 6.45) is 13.0. The predicted octanol–water partition coefficient (Wildman–Crippen LogP) is 5.19. The zero-order chi connectivity index (χ0) is 42.2. The van der Waals surface area contributed by atoms with Crippen LogP contribution < -0.4 is 16.3 Å². The maximum atomic E-state index is 15.3. The van der Waals surface area contributed by atoms with Crippen LogP contribution in [0.15, 0.2) is 72.0 Å². The fourth-order valence-corrected chi connectivity index (χ4v) is 9.13. The second-order valence-electron chi connectivity index (χ2n) is 16.4. The minimum absolute atomic E-state index is 0.112. The number of carbonyl (C=O) groups excluding carboxylic acids is 3. The molecule has 6 aromatic rings. The molecular formula is C45H47FN10O5. The van der Waals surface area contributed by atoms with Crippen molar-refractivity contribution in [1.29, 1.82) is 0 Å². The van der Waals surface area contributed by atoms with E-state index in [0.717, 1.165) is 63.7 Å². The Balaban J connectivity index is 0.781. The third kappa shape index (κ3) is 8.10. The van der Waals surface area contributed by atoms with E-state index < -0.39 is 23.7 Å². The number of hydrogen-bond donors (Lipinski definition) is 2. The lowest BCUT2D eigenvalue weighted by atomic mass is 9.85. The molecule has 61 heavy (non-hydrogen) atoms. The number of amides is 3. The van der Waals surface area contributed by atoms with E-state index in [9.17, 15) is 19.2 Å². The number of nitrogens with one attached hydrogen (secondary N) is 2. The Hall–Kier alpha value is -6.44. The van der Waals surface area contributed by atoms with Gasteiger partial charge in [0.25, 0.3) is 5.91 Å². The number of aromatic nitrogens is 7. The number of benzene rings is 2. The molecule has 1 unspecified atom stereocenters. The predicted molar refractivity (Wildman–Crippen MR) is 225 cm³/mol. The molecule has 16 heteroatoms. The standard InChI is InChI=1S/C45H47FN10O5/c1-28-9-14-33(35(46)24-28)40-36(49-43(58)34-25-48-54-20-5-19-47-42(34)54)27-55(51-40)31-12-10-29(11-13-31)26-53-21-17-32(18-22-53)61-23-4-7-30-6-3-8-37-41(30)52(2)45(60)56(37)38-15-16-39(57)50-44(38)59/h3,5-6,8-9,14,19-20,24-25,27,29,31-32,38H,10-13,15-18,21-23,26H2,1-2H3,(H,49,58)(H,50,57,59)/t29-,31-,38?. The molecule has 2 saturated heterocycles. The maximum Gasteiger partial charge on any atom is 0.329 e.